The van der Waals surface area contributed by atoms with Crippen molar-refractivity contribution in [3.05, 3.63) is 29.3 Å². The van der Waals surface area contributed by atoms with E-state index < -0.39 is 5.97 Å². The zero-order chi connectivity index (χ0) is 9.14. The van der Waals surface area contributed by atoms with Crippen LogP contribution in [0.2, 0.25) is 0 Å². The molecule has 1 aromatic rings. The molecule has 0 saturated heterocycles. The summed E-state index contributed by atoms with van der Waals surface area (Å²) in [4.78, 5) is 11.4. The Morgan fingerprint density at radius 3 is 2.75 bits per heavy atom. The number of hydrogen-bond acceptors (Lipinski definition) is 2. The molecule has 0 unspecified atom stereocenters. The maximum Gasteiger partial charge on any atom is 0.336 e. The molecule has 0 spiro atoms. The molecule has 3 heteroatoms. The van der Waals surface area contributed by atoms with Gasteiger partial charge < -0.3 is 5.11 Å². The molecule has 1 rings (SSSR count). The van der Waals surface area contributed by atoms with Crippen molar-refractivity contribution in [3.63, 3.8) is 0 Å². The topological polar surface area (TPSA) is 37.3 Å². The molecule has 12 heavy (non-hydrogen) atoms. The predicted octanol–water partition coefficient (Wildman–Crippen LogP) is 2.24. The minimum atomic E-state index is -0.886. The van der Waals surface area contributed by atoms with Crippen LogP contribution < -0.4 is 0 Å². The molecule has 0 aromatic heterocycles. The minimum Gasteiger partial charge on any atom is -0.478 e. The van der Waals surface area contributed by atoms with Gasteiger partial charge in [0.25, 0.3) is 0 Å². The number of carbonyl (C=O) groups is 1. The Hall–Kier alpha value is -0.960. The number of aromatic carboxylic acids is 1. The number of benzene rings is 1. The SMILES string of the molecule is CCc1ccc(S)cc1C(=O)O. The summed E-state index contributed by atoms with van der Waals surface area (Å²) in [6, 6.07) is 5.17. The number of thiol groups is 1. The summed E-state index contributed by atoms with van der Waals surface area (Å²) < 4.78 is 0. The zero-order valence-electron chi connectivity index (χ0n) is 6.74. The summed E-state index contributed by atoms with van der Waals surface area (Å²) in [5.74, 6) is -0.886. The third-order valence-corrected chi connectivity index (χ3v) is 1.98. The van der Waals surface area contributed by atoms with E-state index in [4.69, 9.17) is 5.11 Å². The van der Waals surface area contributed by atoms with Crippen LogP contribution in [0, 0.1) is 0 Å². The molecule has 64 valence electrons. The van der Waals surface area contributed by atoms with Gasteiger partial charge in [-0.05, 0) is 24.1 Å². The Bertz CT molecular complexity index is 307. The second-order valence-electron chi connectivity index (χ2n) is 2.50. The molecule has 0 aliphatic carbocycles. The summed E-state index contributed by atoms with van der Waals surface area (Å²) in [7, 11) is 0. The molecule has 0 amide bonds. The second kappa shape index (κ2) is 3.63. The fraction of sp³-hybridized carbons (Fsp3) is 0.222. The second-order valence-corrected chi connectivity index (χ2v) is 3.02. The van der Waals surface area contributed by atoms with E-state index in [0.29, 0.717) is 10.5 Å². The highest BCUT2D eigenvalue weighted by molar-refractivity contribution is 7.80. The summed E-state index contributed by atoms with van der Waals surface area (Å²) in [6.45, 7) is 1.93. The maximum atomic E-state index is 10.7. The first kappa shape index (κ1) is 9.13. The van der Waals surface area contributed by atoms with Crippen molar-refractivity contribution in [2.75, 3.05) is 0 Å². The van der Waals surface area contributed by atoms with Gasteiger partial charge in [0.1, 0.15) is 0 Å². The van der Waals surface area contributed by atoms with Gasteiger partial charge >= 0.3 is 5.97 Å². The van der Waals surface area contributed by atoms with Crippen LogP contribution in [-0.2, 0) is 6.42 Å². The average Bonchev–Trinajstić information content (AvgIpc) is 2.04. The fourth-order valence-electron chi connectivity index (χ4n) is 1.07. The number of hydrogen-bond donors (Lipinski definition) is 2. The number of carboxylic acid groups (broad SMARTS) is 1. The zero-order valence-corrected chi connectivity index (χ0v) is 7.64. The molecule has 0 atom stereocenters. The molecule has 1 aromatic carbocycles. The standard InChI is InChI=1S/C9H10O2S/c1-2-6-3-4-7(12)5-8(6)9(10)11/h3-5,12H,2H2,1H3,(H,10,11). The van der Waals surface area contributed by atoms with Gasteiger partial charge in [-0.2, -0.15) is 0 Å². The Kier molecular flexibility index (Phi) is 2.76. The highest BCUT2D eigenvalue weighted by Gasteiger charge is 2.07. The van der Waals surface area contributed by atoms with Crippen molar-refractivity contribution in [2.24, 2.45) is 0 Å². The van der Waals surface area contributed by atoms with Gasteiger partial charge in [-0.3, -0.25) is 0 Å². The summed E-state index contributed by atoms with van der Waals surface area (Å²) in [5.41, 5.74) is 1.20. The molecular formula is C9H10O2S. The quantitative estimate of drug-likeness (QED) is 0.688. The Labute approximate surface area is 76.6 Å². The molecule has 0 heterocycles. The van der Waals surface area contributed by atoms with Gasteiger partial charge in [-0.1, -0.05) is 13.0 Å². The van der Waals surface area contributed by atoms with Crippen LogP contribution in [-0.4, -0.2) is 11.1 Å². The van der Waals surface area contributed by atoms with Gasteiger partial charge in [0.2, 0.25) is 0 Å². The van der Waals surface area contributed by atoms with E-state index in [-0.39, 0.29) is 0 Å². The first-order chi connectivity index (χ1) is 5.65. The smallest absolute Gasteiger partial charge is 0.336 e. The van der Waals surface area contributed by atoms with Crippen molar-refractivity contribution in [1.82, 2.24) is 0 Å². The third kappa shape index (κ3) is 1.80. The Morgan fingerprint density at radius 2 is 2.25 bits per heavy atom. The van der Waals surface area contributed by atoms with Crippen molar-refractivity contribution < 1.29 is 9.90 Å². The summed E-state index contributed by atoms with van der Waals surface area (Å²) >= 11 is 4.07. The Morgan fingerprint density at radius 1 is 1.58 bits per heavy atom. The van der Waals surface area contributed by atoms with E-state index in [2.05, 4.69) is 12.6 Å². The lowest BCUT2D eigenvalue weighted by Crippen LogP contribution is -2.01. The third-order valence-electron chi connectivity index (χ3n) is 1.70. The van der Waals surface area contributed by atoms with E-state index in [9.17, 15) is 4.79 Å². The minimum absolute atomic E-state index is 0.352. The van der Waals surface area contributed by atoms with Crippen LogP contribution >= 0.6 is 12.6 Å². The molecule has 2 nitrogen and oxygen atoms in total. The lowest BCUT2D eigenvalue weighted by Gasteiger charge is -2.02. The molecule has 0 saturated carbocycles. The molecule has 0 aliphatic heterocycles. The van der Waals surface area contributed by atoms with Crippen LogP contribution in [0.4, 0.5) is 0 Å². The van der Waals surface area contributed by atoms with E-state index in [1.165, 1.54) is 0 Å². The molecule has 1 N–H and O–H groups in total. The fourth-order valence-corrected chi connectivity index (χ4v) is 1.28. The van der Waals surface area contributed by atoms with Crippen LogP contribution in [0.15, 0.2) is 23.1 Å². The Balaban J connectivity index is 3.21. The van der Waals surface area contributed by atoms with Gasteiger partial charge in [0, 0.05) is 4.90 Å². The molecular weight excluding hydrogens is 172 g/mol. The molecule has 0 bridgehead atoms. The lowest BCUT2D eigenvalue weighted by molar-refractivity contribution is 0.0695. The largest absolute Gasteiger partial charge is 0.478 e. The van der Waals surface area contributed by atoms with Crippen molar-refractivity contribution in [3.8, 4) is 0 Å². The molecule has 0 aliphatic rings. The first-order valence-electron chi connectivity index (χ1n) is 3.70. The van der Waals surface area contributed by atoms with Crippen molar-refractivity contribution in [2.45, 2.75) is 18.2 Å². The number of carboxylic acids is 1. The van der Waals surface area contributed by atoms with Crippen LogP contribution in [0.25, 0.3) is 0 Å². The van der Waals surface area contributed by atoms with Gasteiger partial charge in [0.15, 0.2) is 0 Å². The van der Waals surface area contributed by atoms with Crippen molar-refractivity contribution >= 4 is 18.6 Å². The van der Waals surface area contributed by atoms with Gasteiger partial charge in [-0.15, -0.1) is 12.6 Å². The van der Waals surface area contributed by atoms with E-state index >= 15 is 0 Å². The number of rotatable bonds is 2. The molecule has 0 fully saturated rings. The first-order valence-corrected chi connectivity index (χ1v) is 4.15. The lowest BCUT2D eigenvalue weighted by atomic mass is 10.1. The van der Waals surface area contributed by atoms with Crippen LogP contribution in [0.1, 0.15) is 22.8 Å². The van der Waals surface area contributed by atoms with Gasteiger partial charge in [-0.25, -0.2) is 4.79 Å². The number of aryl methyl sites for hydroxylation is 1. The normalized spacial score (nSPS) is 9.83. The molecule has 0 radical (unpaired) electrons. The monoisotopic (exact) mass is 182 g/mol. The maximum absolute atomic E-state index is 10.7. The van der Waals surface area contributed by atoms with Crippen LogP contribution in [0.5, 0.6) is 0 Å². The van der Waals surface area contributed by atoms with E-state index in [1.54, 1.807) is 18.2 Å². The van der Waals surface area contributed by atoms with E-state index in [1.807, 2.05) is 6.92 Å². The highest BCUT2D eigenvalue weighted by Crippen LogP contribution is 2.15. The van der Waals surface area contributed by atoms with Crippen LogP contribution in [0.3, 0.4) is 0 Å². The van der Waals surface area contributed by atoms with Gasteiger partial charge in [0.05, 0.1) is 5.56 Å². The summed E-state index contributed by atoms with van der Waals surface area (Å²) in [6.07, 6.45) is 0.732. The highest BCUT2D eigenvalue weighted by atomic mass is 32.1. The predicted molar refractivity (Wildman–Crippen MR) is 50.0 cm³/mol. The summed E-state index contributed by atoms with van der Waals surface area (Å²) in [5, 5.41) is 8.79. The average molecular weight is 182 g/mol. The van der Waals surface area contributed by atoms with Crippen molar-refractivity contribution in [1.29, 1.82) is 0 Å². The van der Waals surface area contributed by atoms with E-state index in [0.717, 1.165) is 12.0 Å².